The van der Waals surface area contributed by atoms with Crippen molar-refractivity contribution in [2.75, 3.05) is 7.05 Å². The quantitative estimate of drug-likeness (QED) is 0.427. The van der Waals surface area contributed by atoms with Gasteiger partial charge in [-0.3, -0.25) is 0 Å². The molecule has 0 fully saturated rings. The average molecular weight is 264 g/mol. The molecule has 0 spiro atoms. The standard InChI is InChI=1S/C7H14NO2.Sn.H/c1-7(2,3)5-6(9)8(4)10;;/h5,10H,1-4H3;;. The molecule has 64 valence electrons. The molecule has 1 amide bonds. The number of carbonyl (C=O) groups is 1. The van der Waals surface area contributed by atoms with Gasteiger partial charge in [-0.05, 0) is 0 Å². The van der Waals surface area contributed by atoms with Gasteiger partial charge in [-0.2, -0.15) is 0 Å². The van der Waals surface area contributed by atoms with Crippen molar-refractivity contribution in [3.8, 4) is 0 Å². The summed E-state index contributed by atoms with van der Waals surface area (Å²) in [5, 5.41) is 9.54. The van der Waals surface area contributed by atoms with Crippen LogP contribution in [-0.4, -0.2) is 45.8 Å². The Morgan fingerprint density at radius 3 is 2.00 bits per heavy atom. The van der Waals surface area contributed by atoms with Crippen molar-refractivity contribution < 1.29 is 10.0 Å². The fourth-order valence-electron chi connectivity index (χ4n) is 0.572. The number of hydrogen-bond acceptors (Lipinski definition) is 2. The van der Waals surface area contributed by atoms with Crippen molar-refractivity contribution in [2.45, 2.75) is 24.7 Å². The first-order valence-corrected chi connectivity index (χ1v) is 5.39. The summed E-state index contributed by atoms with van der Waals surface area (Å²) in [5.41, 5.74) is -0.0314. The van der Waals surface area contributed by atoms with Crippen molar-refractivity contribution in [1.29, 1.82) is 0 Å². The van der Waals surface area contributed by atoms with Gasteiger partial charge < -0.3 is 0 Å². The van der Waals surface area contributed by atoms with Crippen LogP contribution in [-0.2, 0) is 4.79 Å². The molecular weight excluding hydrogens is 249 g/mol. The Balaban J connectivity index is 4.26. The van der Waals surface area contributed by atoms with E-state index in [4.69, 9.17) is 5.21 Å². The summed E-state index contributed by atoms with van der Waals surface area (Å²) >= 11 is 0.845. The Morgan fingerprint density at radius 1 is 1.55 bits per heavy atom. The fourth-order valence-corrected chi connectivity index (χ4v) is 1.19. The van der Waals surface area contributed by atoms with Crippen molar-refractivity contribution in [1.82, 2.24) is 5.06 Å². The summed E-state index contributed by atoms with van der Waals surface area (Å²) in [6.07, 6.45) is 0. The molecule has 3 nitrogen and oxygen atoms in total. The summed E-state index contributed by atoms with van der Waals surface area (Å²) in [5.74, 6) is -0.181. The normalized spacial score (nSPS) is 14.4. The molecule has 0 aromatic heterocycles. The molecule has 0 aromatic carbocycles. The van der Waals surface area contributed by atoms with Gasteiger partial charge in [0, 0.05) is 0 Å². The van der Waals surface area contributed by atoms with E-state index in [1.165, 1.54) is 7.05 Å². The third kappa shape index (κ3) is 3.42. The first kappa shape index (κ1) is 11.2. The van der Waals surface area contributed by atoms with E-state index in [1.807, 2.05) is 20.8 Å². The molecule has 2 radical (unpaired) electrons. The molecule has 1 N–H and O–H groups in total. The van der Waals surface area contributed by atoms with Crippen LogP contribution in [0.4, 0.5) is 0 Å². The van der Waals surface area contributed by atoms with Crippen LogP contribution < -0.4 is 0 Å². The zero-order valence-electron chi connectivity index (χ0n) is 7.46. The van der Waals surface area contributed by atoms with E-state index >= 15 is 0 Å². The third-order valence-electron chi connectivity index (χ3n) is 1.52. The van der Waals surface area contributed by atoms with Crippen LogP contribution in [0.5, 0.6) is 0 Å². The van der Waals surface area contributed by atoms with Gasteiger partial charge in [-0.1, -0.05) is 0 Å². The Hall–Kier alpha value is 0.229. The second-order valence-corrected chi connectivity index (χ2v) is 5.61. The van der Waals surface area contributed by atoms with Crippen LogP contribution in [0.1, 0.15) is 20.8 Å². The van der Waals surface area contributed by atoms with E-state index < -0.39 is 0 Å². The summed E-state index contributed by atoms with van der Waals surface area (Å²) < 4.78 is -0.0251. The van der Waals surface area contributed by atoms with Gasteiger partial charge in [-0.15, -0.1) is 0 Å². The number of hydroxylamine groups is 2. The van der Waals surface area contributed by atoms with E-state index in [9.17, 15) is 4.79 Å². The Morgan fingerprint density at radius 2 is 1.91 bits per heavy atom. The maximum absolute atomic E-state index is 11.2. The van der Waals surface area contributed by atoms with Crippen LogP contribution >= 0.6 is 0 Å². The van der Waals surface area contributed by atoms with Gasteiger partial charge in [0.25, 0.3) is 0 Å². The molecular formula is C7H15NO2Sn. The zero-order valence-corrected chi connectivity index (χ0v) is 10.8. The van der Waals surface area contributed by atoms with Crippen LogP contribution in [0.25, 0.3) is 0 Å². The van der Waals surface area contributed by atoms with Crippen LogP contribution in [0.2, 0.25) is 3.93 Å². The van der Waals surface area contributed by atoms with Crippen LogP contribution in [0.15, 0.2) is 0 Å². The number of hydrogen-bond donors (Lipinski definition) is 1. The number of rotatable bonds is 1. The first-order valence-electron chi connectivity index (χ1n) is 3.49. The molecule has 1 atom stereocenters. The predicted octanol–water partition coefficient (Wildman–Crippen LogP) is 0.569. The molecule has 0 saturated carbocycles. The zero-order chi connectivity index (χ0) is 9.23. The molecule has 0 rings (SSSR count). The predicted molar refractivity (Wildman–Crippen MR) is 44.9 cm³/mol. The van der Waals surface area contributed by atoms with Gasteiger partial charge in [0.05, 0.1) is 0 Å². The Labute approximate surface area is 80.8 Å². The van der Waals surface area contributed by atoms with Gasteiger partial charge >= 0.3 is 80.7 Å². The molecule has 4 heteroatoms. The second-order valence-electron chi connectivity index (χ2n) is 3.71. The monoisotopic (exact) mass is 265 g/mol. The van der Waals surface area contributed by atoms with Crippen molar-refractivity contribution in [3.63, 3.8) is 0 Å². The van der Waals surface area contributed by atoms with E-state index in [2.05, 4.69) is 0 Å². The Bertz CT molecular complexity index is 151. The second kappa shape index (κ2) is 3.76. The van der Waals surface area contributed by atoms with Gasteiger partial charge in [-0.25, -0.2) is 0 Å². The average Bonchev–Trinajstić information content (AvgIpc) is 1.82. The van der Waals surface area contributed by atoms with Crippen LogP contribution in [0.3, 0.4) is 0 Å². The molecule has 0 saturated heterocycles. The van der Waals surface area contributed by atoms with E-state index in [0.29, 0.717) is 5.06 Å². The maximum atomic E-state index is 11.2. The summed E-state index contributed by atoms with van der Waals surface area (Å²) in [6, 6.07) is 0. The fraction of sp³-hybridized carbons (Fsp3) is 0.857. The summed E-state index contributed by atoms with van der Waals surface area (Å²) in [7, 11) is 1.37. The molecule has 0 aliphatic heterocycles. The number of nitrogens with zero attached hydrogens (tertiary/aromatic N) is 1. The molecule has 0 aliphatic carbocycles. The van der Waals surface area contributed by atoms with Gasteiger partial charge in [0.2, 0.25) is 0 Å². The molecule has 0 heterocycles. The summed E-state index contributed by atoms with van der Waals surface area (Å²) in [4.78, 5) is 11.2. The molecule has 1 unspecified atom stereocenters. The van der Waals surface area contributed by atoms with E-state index in [1.54, 1.807) is 0 Å². The van der Waals surface area contributed by atoms with Crippen molar-refractivity contribution >= 4 is 28.4 Å². The van der Waals surface area contributed by atoms with E-state index in [-0.39, 0.29) is 15.3 Å². The number of carbonyl (C=O) groups excluding carboxylic acids is 1. The number of amides is 1. The van der Waals surface area contributed by atoms with Crippen molar-refractivity contribution in [3.05, 3.63) is 0 Å². The topological polar surface area (TPSA) is 40.5 Å². The molecule has 11 heavy (non-hydrogen) atoms. The van der Waals surface area contributed by atoms with Gasteiger partial charge in [0.1, 0.15) is 0 Å². The van der Waals surface area contributed by atoms with Crippen molar-refractivity contribution in [2.24, 2.45) is 5.41 Å². The molecule has 0 bridgehead atoms. The van der Waals surface area contributed by atoms with Crippen LogP contribution in [0, 0.1) is 5.41 Å². The van der Waals surface area contributed by atoms with E-state index in [0.717, 1.165) is 22.5 Å². The Kier molecular flexibility index (Phi) is 3.83. The minimum absolute atomic E-state index is 0.0251. The molecule has 0 aromatic rings. The van der Waals surface area contributed by atoms with Gasteiger partial charge in [0.15, 0.2) is 0 Å². The first-order chi connectivity index (χ1) is 4.76. The molecule has 0 aliphatic rings. The third-order valence-corrected chi connectivity index (χ3v) is 5.19. The minimum atomic E-state index is -0.181. The summed E-state index contributed by atoms with van der Waals surface area (Å²) in [6.45, 7) is 6.01. The SMILES string of the molecule is CN(O)C(=O)[CH]([SnH])C(C)(C)C.